The molecule has 2 rings (SSSR count). The van der Waals surface area contributed by atoms with Crippen LogP contribution in [0.3, 0.4) is 0 Å². The van der Waals surface area contributed by atoms with Crippen molar-refractivity contribution in [2.75, 3.05) is 10.6 Å². The third-order valence-corrected chi connectivity index (χ3v) is 4.45. The van der Waals surface area contributed by atoms with E-state index < -0.39 is 17.8 Å². The lowest BCUT2D eigenvalue weighted by Gasteiger charge is -2.27. The number of carboxylic acids is 1. The lowest BCUT2D eigenvalue weighted by Crippen LogP contribution is -2.36. The van der Waals surface area contributed by atoms with Gasteiger partial charge in [0, 0.05) is 17.8 Å². The van der Waals surface area contributed by atoms with Gasteiger partial charge in [-0.1, -0.05) is 26.7 Å². The standard InChI is InChI=1S/C19H26N2O4/c1-12(2)11-17(22)20-13-7-9-14(10-8-13)21-18(23)15-5-3-4-6-16(15)19(24)25/h7-10,12,15-16H,3-6,11H2,1-2H3,(H,20,22)(H,21,23)(H,24,25)/t15-,16+/m0/s1. The van der Waals surface area contributed by atoms with E-state index in [4.69, 9.17) is 0 Å². The molecule has 0 bridgehead atoms. The first-order chi connectivity index (χ1) is 11.9. The molecule has 0 aliphatic heterocycles. The van der Waals surface area contributed by atoms with Crippen molar-refractivity contribution in [2.24, 2.45) is 17.8 Å². The lowest BCUT2D eigenvalue weighted by atomic mass is 9.78. The SMILES string of the molecule is CC(C)CC(=O)Nc1ccc(NC(=O)[C@H]2CCCC[C@H]2C(=O)O)cc1. The molecule has 1 fully saturated rings. The van der Waals surface area contributed by atoms with E-state index >= 15 is 0 Å². The summed E-state index contributed by atoms with van der Waals surface area (Å²) in [5.41, 5.74) is 1.27. The number of anilines is 2. The molecule has 6 heteroatoms. The topological polar surface area (TPSA) is 95.5 Å². The number of amides is 2. The van der Waals surface area contributed by atoms with Crippen molar-refractivity contribution in [2.45, 2.75) is 46.0 Å². The first-order valence-corrected chi connectivity index (χ1v) is 8.80. The van der Waals surface area contributed by atoms with Crippen LogP contribution in [0, 0.1) is 17.8 Å². The van der Waals surface area contributed by atoms with Gasteiger partial charge in [0.15, 0.2) is 0 Å². The third-order valence-electron chi connectivity index (χ3n) is 4.45. The Bertz CT molecular complexity index is 625. The molecule has 1 aromatic rings. The molecule has 3 N–H and O–H groups in total. The number of carbonyl (C=O) groups excluding carboxylic acids is 2. The van der Waals surface area contributed by atoms with Gasteiger partial charge in [-0.2, -0.15) is 0 Å². The van der Waals surface area contributed by atoms with Crippen LogP contribution in [0.2, 0.25) is 0 Å². The second kappa shape index (κ2) is 8.65. The lowest BCUT2D eigenvalue weighted by molar-refractivity contribution is -0.147. The van der Waals surface area contributed by atoms with Crippen molar-refractivity contribution in [1.29, 1.82) is 0 Å². The van der Waals surface area contributed by atoms with E-state index in [-0.39, 0.29) is 17.7 Å². The van der Waals surface area contributed by atoms with Crippen LogP contribution < -0.4 is 10.6 Å². The van der Waals surface area contributed by atoms with Crippen LogP contribution in [0.5, 0.6) is 0 Å². The Hall–Kier alpha value is -2.37. The van der Waals surface area contributed by atoms with Gasteiger partial charge in [0.05, 0.1) is 11.8 Å². The maximum atomic E-state index is 12.4. The van der Waals surface area contributed by atoms with Gasteiger partial charge < -0.3 is 15.7 Å². The van der Waals surface area contributed by atoms with Gasteiger partial charge >= 0.3 is 5.97 Å². The van der Waals surface area contributed by atoms with E-state index in [9.17, 15) is 19.5 Å². The highest BCUT2D eigenvalue weighted by Gasteiger charge is 2.35. The number of hydrogen-bond donors (Lipinski definition) is 3. The van der Waals surface area contributed by atoms with Crippen molar-refractivity contribution < 1.29 is 19.5 Å². The van der Waals surface area contributed by atoms with Gasteiger partial charge in [-0.05, 0) is 43.0 Å². The minimum Gasteiger partial charge on any atom is -0.481 e. The number of benzene rings is 1. The van der Waals surface area contributed by atoms with Crippen molar-refractivity contribution in [1.82, 2.24) is 0 Å². The molecule has 2 atom stereocenters. The summed E-state index contributed by atoms with van der Waals surface area (Å²) in [7, 11) is 0. The zero-order valence-electron chi connectivity index (χ0n) is 14.7. The van der Waals surface area contributed by atoms with Crippen LogP contribution in [0.1, 0.15) is 46.0 Å². The largest absolute Gasteiger partial charge is 0.481 e. The smallest absolute Gasteiger partial charge is 0.307 e. The molecule has 0 heterocycles. The van der Waals surface area contributed by atoms with E-state index in [0.29, 0.717) is 30.6 Å². The summed E-state index contributed by atoms with van der Waals surface area (Å²) in [6.07, 6.45) is 3.34. The first-order valence-electron chi connectivity index (χ1n) is 8.80. The van der Waals surface area contributed by atoms with Gasteiger partial charge in [-0.25, -0.2) is 0 Å². The van der Waals surface area contributed by atoms with Gasteiger partial charge in [-0.3, -0.25) is 14.4 Å². The Balaban J connectivity index is 1.95. The predicted molar refractivity (Wildman–Crippen MR) is 96.2 cm³/mol. The Morgan fingerprint density at radius 1 is 1.00 bits per heavy atom. The fourth-order valence-corrected chi connectivity index (χ4v) is 3.19. The zero-order chi connectivity index (χ0) is 18.4. The fraction of sp³-hybridized carbons (Fsp3) is 0.526. The van der Waals surface area contributed by atoms with Gasteiger partial charge in [-0.15, -0.1) is 0 Å². The van der Waals surface area contributed by atoms with E-state index in [1.807, 2.05) is 13.8 Å². The van der Waals surface area contributed by atoms with E-state index in [2.05, 4.69) is 10.6 Å². The molecule has 1 saturated carbocycles. The second-order valence-corrected chi connectivity index (χ2v) is 7.05. The predicted octanol–water partition coefficient (Wildman–Crippen LogP) is 3.50. The van der Waals surface area contributed by atoms with E-state index in [1.54, 1.807) is 24.3 Å². The highest BCUT2D eigenvalue weighted by Crippen LogP contribution is 2.31. The quantitative estimate of drug-likeness (QED) is 0.734. The Morgan fingerprint density at radius 2 is 1.52 bits per heavy atom. The summed E-state index contributed by atoms with van der Waals surface area (Å²) < 4.78 is 0. The van der Waals surface area contributed by atoms with Crippen LogP contribution >= 0.6 is 0 Å². The Morgan fingerprint density at radius 3 is 2.04 bits per heavy atom. The average molecular weight is 346 g/mol. The van der Waals surface area contributed by atoms with Crippen molar-refractivity contribution in [3.05, 3.63) is 24.3 Å². The van der Waals surface area contributed by atoms with Crippen LogP contribution in [-0.4, -0.2) is 22.9 Å². The van der Waals surface area contributed by atoms with Crippen molar-refractivity contribution >= 4 is 29.2 Å². The number of nitrogens with one attached hydrogen (secondary N) is 2. The minimum absolute atomic E-state index is 0.0432. The third kappa shape index (κ3) is 5.59. The Labute approximate surface area is 148 Å². The summed E-state index contributed by atoms with van der Waals surface area (Å²) in [4.78, 5) is 35.5. The molecular weight excluding hydrogens is 320 g/mol. The van der Waals surface area contributed by atoms with Crippen molar-refractivity contribution in [3.63, 3.8) is 0 Å². The highest BCUT2D eigenvalue weighted by atomic mass is 16.4. The first kappa shape index (κ1) is 19.0. The molecule has 2 amide bonds. The normalized spacial score (nSPS) is 20.1. The Kier molecular flexibility index (Phi) is 6.56. The van der Waals surface area contributed by atoms with E-state index in [1.165, 1.54) is 0 Å². The summed E-state index contributed by atoms with van der Waals surface area (Å²) >= 11 is 0. The number of aliphatic carboxylic acids is 1. The molecule has 6 nitrogen and oxygen atoms in total. The van der Waals surface area contributed by atoms with Gasteiger partial charge in [0.1, 0.15) is 0 Å². The van der Waals surface area contributed by atoms with Gasteiger partial charge in [0.2, 0.25) is 11.8 Å². The summed E-state index contributed by atoms with van der Waals surface area (Å²) in [5, 5.41) is 14.9. The van der Waals surface area contributed by atoms with Gasteiger partial charge in [0.25, 0.3) is 0 Å². The summed E-state index contributed by atoms with van der Waals surface area (Å²) in [6, 6.07) is 6.87. The number of carboxylic acid groups (broad SMARTS) is 1. The average Bonchev–Trinajstić information content (AvgIpc) is 2.55. The second-order valence-electron chi connectivity index (χ2n) is 7.05. The maximum Gasteiger partial charge on any atom is 0.307 e. The van der Waals surface area contributed by atoms with Crippen LogP contribution in [0.4, 0.5) is 11.4 Å². The van der Waals surface area contributed by atoms with E-state index in [0.717, 1.165) is 12.8 Å². The molecule has 0 saturated heterocycles. The molecule has 1 aliphatic carbocycles. The molecule has 1 aliphatic rings. The number of rotatable bonds is 6. The molecule has 0 radical (unpaired) electrons. The van der Waals surface area contributed by atoms with Crippen molar-refractivity contribution in [3.8, 4) is 0 Å². The summed E-state index contributed by atoms with van der Waals surface area (Å²) in [6.45, 7) is 3.96. The molecule has 25 heavy (non-hydrogen) atoms. The fourth-order valence-electron chi connectivity index (χ4n) is 3.19. The minimum atomic E-state index is -0.900. The summed E-state index contributed by atoms with van der Waals surface area (Å²) in [5.74, 6) is -2.00. The highest BCUT2D eigenvalue weighted by molar-refractivity contribution is 5.96. The molecule has 0 unspecified atom stereocenters. The molecular formula is C19H26N2O4. The van der Waals surface area contributed by atoms with Crippen LogP contribution in [0.15, 0.2) is 24.3 Å². The molecule has 1 aromatic carbocycles. The number of hydrogen-bond acceptors (Lipinski definition) is 3. The van der Waals surface area contributed by atoms with Crippen LogP contribution in [-0.2, 0) is 14.4 Å². The molecule has 136 valence electrons. The monoisotopic (exact) mass is 346 g/mol. The number of carbonyl (C=O) groups is 3. The molecule has 0 spiro atoms. The zero-order valence-corrected chi connectivity index (χ0v) is 14.7. The van der Waals surface area contributed by atoms with Crippen LogP contribution in [0.25, 0.3) is 0 Å². The maximum absolute atomic E-state index is 12.4. The molecule has 0 aromatic heterocycles.